The van der Waals surface area contributed by atoms with Crippen LogP contribution >= 0.6 is 0 Å². The predicted octanol–water partition coefficient (Wildman–Crippen LogP) is 5.22. The molecule has 0 spiro atoms. The summed E-state index contributed by atoms with van der Waals surface area (Å²) in [6.45, 7) is 4.95. The molecule has 2 aliphatic heterocycles. The van der Waals surface area contributed by atoms with E-state index in [1.165, 1.54) is 24.3 Å². The van der Waals surface area contributed by atoms with Gasteiger partial charge in [0.05, 0.1) is 35.6 Å². The molecule has 3 atom stereocenters. The molecule has 2 heterocycles. The fraction of sp³-hybridized carbons (Fsp3) is 0.310. The SMILES string of the molecule is CCCCOc1ccc([C@H]2[C@H]3C(=O)N(c4ccc([N+](=O)[O-])cc4)C(=O)[C@@H]3ON2c2ccccc2)cc1OCC. The van der Waals surface area contributed by atoms with Crippen molar-refractivity contribution in [3.05, 3.63) is 88.5 Å². The Morgan fingerprint density at radius 3 is 2.31 bits per heavy atom. The zero-order valence-electron chi connectivity index (χ0n) is 21.7. The first kappa shape index (κ1) is 26.2. The lowest BCUT2D eigenvalue weighted by atomic mass is 9.90. The van der Waals surface area contributed by atoms with Gasteiger partial charge in [-0.3, -0.25) is 24.5 Å². The van der Waals surface area contributed by atoms with Crippen molar-refractivity contribution in [3.8, 4) is 11.5 Å². The van der Waals surface area contributed by atoms with E-state index in [4.69, 9.17) is 14.3 Å². The number of nitro benzene ring substituents is 1. The molecule has 3 aromatic carbocycles. The first-order chi connectivity index (χ1) is 18.9. The normalized spacial score (nSPS) is 20.3. The van der Waals surface area contributed by atoms with Crippen molar-refractivity contribution in [3.63, 3.8) is 0 Å². The highest BCUT2D eigenvalue weighted by Gasteiger charge is 2.60. The van der Waals surface area contributed by atoms with Gasteiger partial charge in [-0.2, -0.15) is 0 Å². The summed E-state index contributed by atoms with van der Waals surface area (Å²) < 4.78 is 11.8. The Hall–Kier alpha value is -4.44. The lowest BCUT2D eigenvalue weighted by molar-refractivity contribution is -0.384. The Balaban J connectivity index is 1.53. The quantitative estimate of drug-likeness (QED) is 0.151. The average molecular weight is 532 g/mol. The van der Waals surface area contributed by atoms with Crippen molar-refractivity contribution in [1.29, 1.82) is 0 Å². The van der Waals surface area contributed by atoms with Crippen molar-refractivity contribution in [2.75, 3.05) is 23.2 Å². The molecule has 2 amide bonds. The smallest absolute Gasteiger partial charge is 0.269 e. The van der Waals surface area contributed by atoms with Crippen LogP contribution in [0.5, 0.6) is 11.5 Å². The third kappa shape index (κ3) is 4.90. The summed E-state index contributed by atoms with van der Waals surface area (Å²) in [5, 5.41) is 12.7. The van der Waals surface area contributed by atoms with E-state index in [-0.39, 0.29) is 11.4 Å². The number of imide groups is 1. The fourth-order valence-corrected chi connectivity index (χ4v) is 4.95. The average Bonchev–Trinajstić information content (AvgIpc) is 3.46. The van der Waals surface area contributed by atoms with Gasteiger partial charge in [-0.1, -0.05) is 37.6 Å². The summed E-state index contributed by atoms with van der Waals surface area (Å²) >= 11 is 0. The van der Waals surface area contributed by atoms with Gasteiger partial charge < -0.3 is 9.47 Å². The van der Waals surface area contributed by atoms with E-state index in [2.05, 4.69) is 6.92 Å². The van der Waals surface area contributed by atoms with Crippen molar-refractivity contribution in [1.82, 2.24) is 0 Å². The van der Waals surface area contributed by atoms with Crippen molar-refractivity contribution in [2.45, 2.75) is 38.8 Å². The van der Waals surface area contributed by atoms with Gasteiger partial charge in [0.1, 0.15) is 5.92 Å². The highest BCUT2D eigenvalue weighted by Crippen LogP contribution is 2.48. The number of unbranched alkanes of at least 4 members (excludes halogenated alkanes) is 1. The number of hydrogen-bond acceptors (Lipinski definition) is 8. The number of benzene rings is 3. The lowest BCUT2D eigenvalue weighted by Crippen LogP contribution is -2.37. The molecule has 2 fully saturated rings. The summed E-state index contributed by atoms with van der Waals surface area (Å²) in [6.07, 6.45) is 0.844. The van der Waals surface area contributed by atoms with Gasteiger partial charge in [-0.05, 0) is 55.3 Å². The first-order valence-corrected chi connectivity index (χ1v) is 13.0. The van der Waals surface area contributed by atoms with Gasteiger partial charge in [0.25, 0.3) is 11.6 Å². The largest absolute Gasteiger partial charge is 0.490 e. The molecule has 10 heteroatoms. The zero-order chi connectivity index (χ0) is 27.5. The van der Waals surface area contributed by atoms with E-state index in [0.29, 0.717) is 30.4 Å². The van der Waals surface area contributed by atoms with Gasteiger partial charge in [0.2, 0.25) is 5.91 Å². The Kier molecular flexibility index (Phi) is 7.47. The van der Waals surface area contributed by atoms with Gasteiger partial charge in [-0.25, -0.2) is 9.96 Å². The second-order valence-electron chi connectivity index (χ2n) is 9.28. The van der Waals surface area contributed by atoms with Crippen molar-refractivity contribution in [2.24, 2.45) is 5.92 Å². The molecule has 0 N–H and O–H groups in total. The Morgan fingerprint density at radius 2 is 1.64 bits per heavy atom. The minimum absolute atomic E-state index is 0.132. The minimum Gasteiger partial charge on any atom is -0.490 e. The Morgan fingerprint density at radius 1 is 0.897 bits per heavy atom. The number of hydrogen-bond donors (Lipinski definition) is 0. The highest BCUT2D eigenvalue weighted by molar-refractivity contribution is 6.24. The van der Waals surface area contributed by atoms with E-state index < -0.39 is 34.8 Å². The van der Waals surface area contributed by atoms with Crippen LogP contribution in [0.1, 0.15) is 38.3 Å². The lowest BCUT2D eigenvalue weighted by Gasteiger charge is -2.29. The van der Waals surface area contributed by atoms with Gasteiger partial charge in [0.15, 0.2) is 17.6 Å². The predicted molar refractivity (Wildman–Crippen MR) is 144 cm³/mol. The molecule has 0 radical (unpaired) electrons. The zero-order valence-corrected chi connectivity index (χ0v) is 21.7. The standard InChI is InChI=1S/C29H29N3O7/c1-3-5-17-38-23-16-11-19(18-24(23)37-4-2)26-25-27(39-31(26)21-9-7-6-8-10-21)29(34)30(28(25)33)20-12-14-22(15-13-20)32(35)36/h6-16,18,25-27H,3-5,17H2,1-2H3/t25-,26+,27-/m1/s1. The molecule has 2 aliphatic rings. The number of nitro groups is 1. The van der Waals surface area contributed by atoms with Crippen LogP contribution in [0.15, 0.2) is 72.8 Å². The molecule has 2 saturated heterocycles. The summed E-state index contributed by atoms with van der Waals surface area (Å²) in [5.74, 6) is -0.659. The molecular weight excluding hydrogens is 502 g/mol. The molecule has 0 aliphatic carbocycles. The number of amides is 2. The van der Waals surface area contributed by atoms with Crippen molar-refractivity contribution >= 4 is 28.9 Å². The maximum Gasteiger partial charge on any atom is 0.269 e. The second kappa shape index (κ2) is 11.1. The second-order valence-corrected chi connectivity index (χ2v) is 9.28. The topological polar surface area (TPSA) is 111 Å². The highest BCUT2D eigenvalue weighted by atomic mass is 16.7. The summed E-state index contributed by atoms with van der Waals surface area (Å²) in [6, 6.07) is 19.5. The van der Waals surface area contributed by atoms with Crippen LogP contribution < -0.4 is 19.4 Å². The molecular formula is C29H29N3O7. The van der Waals surface area contributed by atoms with E-state index in [1.807, 2.05) is 55.5 Å². The maximum absolute atomic E-state index is 13.8. The summed E-state index contributed by atoms with van der Waals surface area (Å²) in [5.41, 5.74) is 1.55. The molecule has 3 aromatic rings. The number of nitrogens with zero attached hydrogens (tertiary/aromatic N) is 3. The van der Waals surface area contributed by atoms with Crippen LogP contribution in [0.3, 0.4) is 0 Å². The van der Waals surface area contributed by atoms with Crippen LogP contribution in [0.25, 0.3) is 0 Å². The van der Waals surface area contributed by atoms with E-state index in [9.17, 15) is 19.7 Å². The number of anilines is 2. The number of fused-ring (bicyclic) bond motifs is 1. The fourth-order valence-electron chi connectivity index (χ4n) is 4.95. The molecule has 10 nitrogen and oxygen atoms in total. The third-order valence-corrected chi connectivity index (χ3v) is 6.81. The Bertz CT molecular complexity index is 1360. The molecule has 5 rings (SSSR count). The molecule has 202 valence electrons. The third-order valence-electron chi connectivity index (χ3n) is 6.81. The Labute approximate surface area is 225 Å². The number of hydroxylamine groups is 1. The molecule has 0 aromatic heterocycles. The monoisotopic (exact) mass is 531 g/mol. The molecule has 0 bridgehead atoms. The minimum atomic E-state index is -1.06. The molecule has 0 unspecified atom stereocenters. The number of non-ortho nitro benzene ring substituents is 1. The van der Waals surface area contributed by atoms with E-state index in [1.54, 1.807) is 5.06 Å². The van der Waals surface area contributed by atoms with Crippen LogP contribution in [-0.2, 0) is 14.4 Å². The number of rotatable bonds is 10. The van der Waals surface area contributed by atoms with Crippen LogP contribution in [0.4, 0.5) is 17.1 Å². The summed E-state index contributed by atoms with van der Waals surface area (Å²) in [4.78, 5) is 45.1. The first-order valence-electron chi connectivity index (χ1n) is 13.0. The number of carbonyl (C=O) groups excluding carboxylic acids is 2. The van der Waals surface area contributed by atoms with Crippen molar-refractivity contribution < 1.29 is 28.8 Å². The maximum atomic E-state index is 13.8. The van der Waals surface area contributed by atoms with Gasteiger partial charge >= 0.3 is 0 Å². The molecule has 0 saturated carbocycles. The number of para-hydroxylation sites is 1. The molecule has 39 heavy (non-hydrogen) atoms. The van der Waals surface area contributed by atoms with Crippen LogP contribution in [-0.4, -0.2) is 36.1 Å². The van der Waals surface area contributed by atoms with E-state index in [0.717, 1.165) is 23.3 Å². The van der Waals surface area contributed by atoms with Crippen LogP contribution in [0, 0.1) is 16.0 Å². The summed E-state index contributed by atoms with van der Waals surface area (Å²) in [7, 11) is 0. The van der Waals surface area contributed by atoms with Gasteiger partial charge in [-0.15, -0.1) is 0 Å². The number of carbonyl (C=O) groups is 2. The number of ether oxygens (including phenoxy) is 2. The van der Waals surface area contributed by atoms with E-state index >= 15 is 0 Å². The van der Waals surface area contributed by atoms with Crippen LogP contribution in [0.2, 0.25) is 0 Å². The van der Waals surface area contributed by atoms with Gasteiger partial charge in [0, 0.05) is 12.1 Å².